The summed E-state index contributed by atoms with van der Waals surface area (Å²) in [5, 5.41) is 19.1. The molecule has 0 aromatic heterocycles. The number of rotatable bonds is 2. The number of carbonyl (C=O) groups is 1. The first kappa shape index (κ1) is 17.5. The maximum absolute atomic E-state index is 12.6. The molecule has 0 aromatic carbocycles. The molecular weight excluding hydrogens is 310 g/mol. The quantitative estimate of drug-likeness (QED) is 0.730. The van der Waals surface area contributed by atoms with Crippen LogP contribution in [0.15, 0.2) is 12.2 Å². The zero-order chi connectivity index (χ0) is 18.0. The topological polar surface area (TPSA) is 61.1 Å². The highest BCUT2D eigenvalue weighted by Crippen LogP contribution is 2.67. The molecule has 0 bridgehead atoms. The Hall–Kier alpha value is -0.960. The standard InChI is InChI=1S/C22H33NO2/c1-4-14-18(23)8-10-22(12-24)17-7-9-21(3)16(5-6-19(21)25)15(17)11-13(2)20(14)22/h14-17,20,23-24H,2,4-12H2,1,3H3/t14-,15?,16?,17?,20?,21-,22-/m0/s1. The molecule has 3 heteroatoms. The number of fused-ring (bicyclic) bond motifs is 5. The van der Waals surface area contributed by atoms with Crippen LogP contribution in [0.2, 0.25) is 0 Å². The van der Waals surface area contributed by atoms with Crippen LogP contribution in [0.1, 0.15) is 65.2 Å². The van der Waals surface area contributed by atoms with Crippen LogP contribution in [0.3, 0.4) is 0 Å². The van der Waals surface area contributed by atoms with Gasteiger partial charge in [0, 0.05) is 35.5 Å². The zero-order valence-electron chi connectivity index (χ0n) is 15.8. The van der Waals surface area contributed by atoms with Gasteiger partial charge in [-0.05, 0) is 68.6 Å². The maximum Gasteiger partial charge on any atom is 0.139 e. The number of carbonyl (C=O) groups excluding carboxylic acids is 1. The molecule has 3 nitrogen and oxygen atoms in total. The SMILES string of the molecule is C=C1CC2C(CC[C@]3(C)C(=O)CCC23)[C@@]2(CO)CCC(=N)[C@H](CC)C12. The normalized spacial score (nSPS) is 49.6. The minimum Gasteiger partial charge on any atom is -0.396 e. The fraction of sp³-hybridized carbons (Fsp3) is 0.818. The Labute approximate surface area is 151 Å². The van der Waals surface area contributed by atoms with Crippen LogP contribution in [0.4, 0.5) is 0 Å². The van der Waals surface area contributed by atoms with Crippen LogP contribution in [0, 0.1) is 45.8 Å². The molecule has 0 heterocycles. The van der Waals surface area contributed by atoms with Crippen molar-refractivity contribution in [1.82, 2.24) is 0 Å². The molecule has 4 aliphatic carbocycles. The van der Waals surface area contributed by atoms with E-state index in [0.29, 0.717) is 23.5 Å². The number of aliphatic hydroxyl groups is 1. The van der Waals surface area contributed by atoms with E-state index in [1.807, 2.05) is 0 Å². The van der Waals surface area contributed by atoms with Gasteiger partial charge in [0.05, 0.1) is 0 Å². The molecule has 138 valence electrons. The third-order valence-corrected chi connectivity index (χ3v) is 8.89. The molecular formula is C22H33NO2. The van der Waals surface area contributed by atoms with Crippen molar-refractivity contribution in [3.8, 4) is 0 Å². The highest BCUT2D eigenvalue weighted by molar-refractivity contribution is 5.87. The molecule has 4 aliphatic rings. The van der Waals surface area contributed by atoms with Crippen molar-refractivity contribution in [3.05, 3.63) is 12.2 Å². The van der Waals surface area contributed by atoms with Gasteiger partial charge in [-0.1, -0.05) is 26.0 Å². The van der Waals surface area contributed by atoms with E-state index < -0.39 is 0 Å². The minimum absolute atomic E-state index is 0.0990. The predicted octanol–water partition coefficient (Wildman–Crippen LogP) is 4.39. The summed E-state index contributed by atoms with van der Waals surface area (Å²) >= 11 is 0. The van der Waals surface area contributed by atoms with Crippen LogP contribution in [0.25, 0.3) is 0 Å². The number of hydrogen-bond donors (Lipinski definition) is 2. The highest BCUT2D eigenvalue weighted by atomic mass is 16.3. The molecule has 0 amide bonds. The first-order valence-electron chi connectivity index (χ1n) is 10.3. The second kappa shape index (κ2) is 5.77. The average Bonchev–Trinajstić information content (AvgIpc) is 2.91. The van der Waals surface area contributed by atoms with Gasteiger partial charge >= 0.3 is 0 Å². The van der Waals surface area contributed by atoms with Crippen LogP contribution in [-0.2, 0) is 4.79 Å². The van der Waals surface area contributed by atoms with Crippen molar-refractivity contribution in [3.63, 3.8) is 0 Å². The number of ketones is 1. The van der Waals surface area contributed by atoms with Crippen molar-refractivity contribution < 1.29 is 9.90 Å². The number of nitrogens with one attached hydrogen (secondary N) is 1. The molecule has 0 spiro atoms. The summed E-state index contributed by atoms with van der Waals surface area (Å²) in [4.78, 5) is 12.6. The van der Waals surface area contributed by atoms with Crippen molar-refractivity contribution in [1.29, 1.82) is 5.41 Å². The van der Waals surface area contributed by atoms with E-state index >= 15 is 0 Å². The van der Waals surface area contributed by atoms with E-state index in [9.17, 15) is 9.90 Å². The average molecular weight is 344 g/mol. The van der Waals surface area contributed by atoms with Gasteiger partial charge in [-0.3, -0.25) is 4.79 Å². The Balaban J connectivity index is 1.76. The first-order chi connectivity index (χ1) is 11.9. The first-order valence-corrected chi connectivity index (χ1v) is 10.3. The Morgan fingerprint density at radius 2 is 2.00 bits per heavy atom. The summed E-state index contributed by atoms with van der Waals surface area (Å²) < 4.78 is 0. The van der Waals surface area contributed by atoms with Gasteiger partial charge < -0.3 is 10.5 Å². The molecule has 0 aliphatic heterocycles. The molecule has 4 fully saturated rings. The van der Waals surface area contributed by atoms with Gasteiger partial charge in [-0.2, -0.15) is 0 Å². The summed E-state index contributed by atoms with van der Waals surface area (Å²) in [6, 6.07) is 0. The van der Waals surface area contributed by atoms with Gasteiger partial charge in [0.15, 0.2) is 0 Å². The highest BCUT2D eigenvalue weighted by Gasteiger charge is 2.63. The summed E-state index contributed by atoms with van der Waals surface area (Å²) in [5.74, 6) is 2.48. The molecule has 2 N–H and O–H groups in total. The lowest BCUT2D eigenvalue weighted by Crippen LogP contribution is -2.59. The van der Waals surface area contributed by atoms with Crippen molar-refractivity contribution in [2.24, 2.45) is 40.4 Å². The summed E-state index contributed by atoms with van der Waals surface area (Å²) in [6.07, 6.45) is 7.58. The lowest BCUT2D eigenvalue weighted by atomic mass is 9.42. The van der Waals surface area contributed by atoms with E-state index in [1.54, 1.807) is 0 Å². The third kappa shape index (κ3) is 2.14. The van der Waals surface area contributed by atoms with E-state index in [1.165, 1.54) is 5.57 Å². The Kier molecular flexibility index (Phi) is 4.03. The number of hydrogen-bond acceptors (Lipinski definition) is 3. The minimum atomic E-state index is -0.129. The summed E-state index contributed by atoms with van der Waals surface area (Å²) in [5.41, 5.74) is 1.90. The molecule has 4 saturated carbocycles. The lowest BCUT2D eigenvalue weighted by molar-refractivity contribution is -0.140. The summed E-state index contributed by atoms with van der Waals surface area (Å²) in [7, 11) is 0. The van der Waals surface area contributed by atoms with Crippen molar-refractivity contribution >= 4 is 11.5 Å². The van der Waals surface area contributed by atoms with Crippen LogP contribution in [0.5, 0.6) is 0 Å². The lowest BCUT2D eigenvalue weighted by Gasteiger charge is -2.62. The monoisotopic (exact) mass is 343 g/mol. The molecule has 7 atom stereocenters. The van der Waals surface area contributed by atoms with Crippen LogP contribution >= 0.6 is 0 Å². The van der Waals surface area contributed by atoms with Crippen LogP contribution < -0.4 is 0 Å². The van der Waals surface area contributed by atoms with Gasteiger partial charge in [0.2, 0.25) is 0 Å². The predicted molar refractivity (Wildman–Crippen MR) is 99.6 cm³/mol. The molecule has 25 heavy (non-hydrogen) atoms. The summed E-state index contributed by atoms with van der Waals surface area (Å²) in [6.45, 7) is 9.08. The smallest absolute Gasteiger partial charge is 0.139 e. The van der Waals surface area contributed by atoms with E-state index in [2.05, 4.69) is 20.4 Å². The van der Waals surface area contributed by atoms with Crippen molar-refractivity contribution in [2.45, 2.75) is 65.2 Å². The van der Waals surface area contributed by atoms with Gasteiger partial charge in [0.1, 0.15) is 5.78 Å². The maximum atomic E-state index is 12.6. The number of allylic oxidation sites excluding steroid dienone is 1. The van der Waals surface area contributed by atoms with E-state index in [-0.39, 0.29) is 29.3 Å². The van der Waals surface area contributed by atoms with Gasteiger partial charge in [-0.25, -0.2) is 0 Å². The molecule has 4 rings (SSSR count). The molecule has 0 saturated heterocycles. The van der Waals surface area contributed by atoms with E-state index in [4.69, 9.17) is 5.41 Å². The molecule has 4 unspecified atom stereocenters. The van der Waals surface area contributed by atoms with Gasteiger partial charge in [0.25, 0.3) is 0 Å². The molecule has 0 radical (unpaired) electrons. The second-order valence-corrected chi connectivity index (χ2v) is 9.57. The fourth-order valence-corrected chi connectivity index (χ4v) is 7.68. The van der Waals surface area contributed by atoms with Crippen LogP contribution in [-0.4, -0.2) is 23.2 Å². The Morgan fingerprint density at radius 3 is 2.68 bits per heavy atom. The zero-order valence-corrected chi connectivity index (χ0v) is 15.8. The Morgan fingerprint density at radius 1 is 1.24 bits per heavy atom. The van der Waals surface area contributed by atoms with Gasteiger partial charge in [-0.15, -0.1) is 0 Å². The number of aliphatic hydroxyl groups excluding tert-OH is 1. The van der Waals surface area contributed by atoms with Crippen molar-refractivity contribution in [2.75, 3.05) is 6.61 Å². The largest absolute Gasteiger partial charge is 0.396 e. The van der Waals surface area contributed by atoms with E-state index in [0.717, 1.165) is 57.1 Å². The Bertz CT molecular complexity index is 626. The number of Topliss-reactive ketones (excluding diaryl/α,β-unsaturated/α-hetero) is 1. The molecule has 0 aromatic rings. The fourth-order valence-electron chi connectivity index (χ4n) is 7.68. The third-order valence-electron chi connectivity index (χ3n) is 8.89. The second-order valence-electron chi connectivity index (χ2n) is 9.57.